The zero-order valence-corrected chi connectivity index (χ0v) is 17.2. The van der Waals surface area contributed by atoms with Crippen LogP contribution in [-0.2, 0) is 22.6 Å². The molecule has 1 aromatic rings. The third-order valence-corrected chi connectivity index (χ3v) is 6.21. The van der Waals surface area contributed by atoms with Crippen molar-refractivity contribution in [2.45, 2.75) is 64.5 Å². The van der Waals surface area contributed by atoms with Crippen LogP contribution in [0.1, 0.15) is 63.0 Å². The highest BCUT2D eigenvalue weighted by atomic mass is 16.2. The Bertz CT molecular complexity index is 767. The van der Waals surface area contributed by atoms with Crippen LogP contribution in [0.5, 0.6) is 0 Å². The van der Waals surface area contributed by atoms with Crippen molar-refractivity contribution in [3.05, 3.63) is 23.3 Å². The predicted molar refractivity (Wildman–Crippen MR) is 106 cm³/mol. The summed E-state index contributed by atoms with van der Waals surface area (Å²) in [6.07, 6.45) is 5.30. The first-order valence-corrected chi connectivity index (χ1v) is 10.5. The minimum absolute atomic E-state index is 0.0809. The van der Waals surface area contributed by atoms with Gasteiger partial charge < -0.3 is 15.1 Å². The third-order valence-electron chi connectivity index (χ3n) is 6.21. The molecule has 2 amide bonds. The molecule has 0 bridgehead atoms. The quantitative estimate of drug-likeness (QED) is 0.834. The Morgan fingerprint density at radius 1 is 1.32 bits per heavy atom. The molecule has 0 aliphatic carbocycles. The molecule has 0 saturated carbocycles. The highest BCUT2D eigenvalue weighted by Gasteiger charge is 2.41. The van der Waals surface area contributed by atoms with Gasteiger partial charge in [-0.1, -0.05) is 0 Å². The maximum absolute atomic E-state index is 13.0. The van der Waals surface area contributed by atoms with Gasteiger partial charge in [0.2, 0.25) is 11.8 Å². The molecule has 152 valence electrons. The Balaban J connectivity index is 1.43. The first-order chi connectivity index (χ1) is 13.3. The average molecular weight is 386 g/mol. The highest BCUT2D eigenvalue weighted by molar-refractivity contribution is 5.89. The molecule has 0 spiro atoms. The number of likely N-dealkylation sites (tertiary alicyclic amines) is 1. The molecule has 0 aromatic carbocycles. The van der Waals surface area contributed by atoms with Crippen molar-refractivity contribution in [2.24, 2.45) is 5.92 Å². The summed E-state index contributed by atoms with van der Waals surface area (Å²) in [6.45, 7) is 9.83. The monoisotopic (exact) mass is 385 g/mol. The largest absolute Gasteiger partial charge is 0.338 e. The zero-order chi connectivity index (χ0) is 19.9. The van der Waals surface area contributed by atoms with Gasteiger partial charge in [-0.05, 0) is 40.2 Å². The fraction of sp³-hybridized carbons (Fsp3) is 0.714. The average Bonchev–Trinajstić information content (AvgIpc) is 3.09. The number of hydrogen-bond acceptors (Lipinski definition) is 5. The SMILES string of the molecule is CC(C)(C)N1C[C@H](C(=O)N2CCc3nc([C@@H]4CCCNC4)ncc3C2)CC1=O. The van der Waals surface area contributed by atoms with Crippen molar-refractivity contribution in [1.29, 1.82) is 0 Å². The van der Waals surface area contributed by atoms with Gasteiger partial charge in [0, 0.05) is 62.2 Å². The standard InChI is InChI=1S/C21H31N5O2/c1-21(2,3)26-13-15(9-18(26)27)20(28)25-8-6-17-16(12-25)11-23-19(24-17)14-5-4-7-22-10-14/h11,14-15,22H,4-10,12-13H2,1-3H3/t14-,15-/m1/s1. The molecule has 3 aliphatic rings. The lowest BCUT2D eigenvalue weighted by atomic mass is 9.97. The maximum Gasteiger partial charge on any atom is 0.228 e. The number of aromatic nitrogens is 2. The molecule has 28 heavy (non-hydrogen) atoms. The first kappa shape index (κ1) is 19.3. The maximum atomic E-state index is 13.0. The van der Waals surface area contributed by atoms with Crippen molar-refractivity contribution in [2.75, 3.05) is 26.2 Å². The molecule has 0 unspecified atom stereocenters. The molecule has 0 radical (unpaired) electrons. The Morgan fingerprint density at radius 2 is 2.14 bits per heavy atom. The minimum Gasteiger partial charge on any atom is -0.338 e. The number of carbonyl (C=O) groups is 2. The Morgan fingerprint density at radius 3 is 2.82 bits per heavy atom. The molecule has 4 rings (SSSR count). The van der Waals surface area contributed by atoms with E-state index < -0.39 is 0 Å². The van der Waals surface area contributed by atoms with E-state index in [1.165, 1.54) is 6.42 Å². The molecule has 7 heteroatoms. The summed E-state index contributed by atoms with van der Waals surface area (Å²) in [7, 11) is 0. The molecular formula is C21H31N5O2. The van der Waals surface area contributed by atoms with Gasteiger partial charge in [-0.25, -0.2) is 9.97 Å². The number of nitrogens with one attached hydrogen (secondary N) is 1. The van der Waals surface area contributed by atoms with Gasteiger partial charge in [-0.2, -0.15) is 0 Å². The number of amides is 2. The number of hydrogen-bond donors (Lipinski definition) is 1. The molecule has 1 N–H and O–H groups in total. The van der Waals surface area contributed by atoms with E-state index in [1.807, 2.05) is 36.8 Å². The Labute approximate surface area is 166 Å². The van der Waals surface area contributed by atoms with Crippen LogP contribution in [0.15, 0.2) is 6.20 Å². The molecule has 2 fully saturated rings. The molecule has 2 atom stereocenters. The second-order valence-corrected chi connectivity index (χ2v) is 9.33. The topological polar surface area (TPSA) is 78.4 Å². The van der Waals surface area contributed by atoms with Crippen LogP contribution in [-0.4, -0.2) is 63.3 Å². The normalized spacial score (nSPS) is 25.8. The molecule has 1 aromatic heterocycles. The van der Waals surface area contributed by atoms with E-state index in [-0.39, 0.29) is 23.3 Å². The summed E-state index contributed by atoms with van der Waals surface area (Å²) in [5.74, 6) is 1.27. The van der Waals surface area contributed by atoms with Gasteiger partial charge >= 0.3 is 0 Å². The van der Waals surface area contributed by atoms with Gasteiger partial charge in [0.25, 0.3) is 0 Å². The van der Waals surface area contributed by atoms with Gasteiger partial charge in [0.15, 0.2) is 0 Å². The first-order valence-electron chi connectivity index (χ1n) is 10.5. The van der Waals surface area contributed by atoms with E-state index in [2.05, 4.69) is 10.3 Å². The third kappa shape index (κ3) is 3.77. The van der Waals surface area contributed by atoms with Gasteiger partial charge in [-0.15, -0.1) is 0 Å². The second kappa shape index (κ2) is 7.43. The van der Waals surface area contributed by atoms with Crippen LogP contribution in [0.25, 0.3) is 0 Å². The molecule has 4 heterocycles. The van der Waals surface area contributed by atoms with Crippen LogP contribution in [0.2, 0.25) is 0 Å². The fourth-order valence-electron chi connectivity index (χ4n) is 4.57. The fourth-order valence-corrected chi connectivity index (χ4v) is 4.57. The molecule has 2 saturated heterocycles. The highest BCUT2D eigenvalue weighted by Crippen LogP contribution is 2.29. The molecular weight excluding hydrogens is 354 g/mol. The van der Waals surface area contributed by atoms with Crippen LogP contribution in [0.3, 0.4) is 0 Å². The summed E-state index contributed by atoms with van der Waals surface area (Å²) < 4.78 is 0. The van der Waals surface area contributed by atoms with Crippen molar-refractivity contribution < 1.29 is 9.59 Å². The molecule has 7 nitrogen and oxygen atoms in total. The van der Waals surface area contributed by atoms with Crippen LogP contribution >= 0.6 is 0 Å². The number of nitrogens with zero attached hydrogens (tertiary/aromatic N) is 4. The molecule has 3 aliphatic heterocycles. The van der Waals surface area contributed by atoms with Crippen LogP contribution < -0.4 is 5.32 Å². The van der Waals surface area contributed by atoms with Crippen molar-refractivity contribution >= 4 is 11.8 Å². The summed E-state index contributed by atoms with van der Waals surface area (Å²) >= 11 is 0. The Hall–Kier alpha value is -2.02. The van der Waals surface area contributed by atoms with Crippen molar-refractivity contribution in [3.63, 3.8) is 0 Å². The van der Waals surface area contributed by atoms with E-state index in [1.54, 1.807) is 0 Å². The van der Waals surface area contributed by atoms with Crippen LogP contribution in [0, 0.1) is 5.92 Å². The summed E-state index contributed by atoms with van der Waals surface area (Å²) in [4.78, 5) is 38.5. The van der Waals surface area contributed by atoms with E-state index in [9.17, 15) is 9.59 Å². The lowest BCUT2D eigenvalue weighted by Crippen LogP contribution is -2.44. The lowest BCUT2D eigenvalue weighted by molar-refractivity contribution is -0.136. The van der Waals surface area contributed by atoms with Crippen molar-refractivity contribution in [1.82, 2.24) is 25.1 Å². The lowest BCUT2D eigenvalue weighted by Gasteiger charge is -2.33. The van der Waals surface area contributed by atoms with E-state index in [0.717, 1.165) is 43.0 Å². The van der Waals surface area contributed by atoms with Gasteiger partial charge in [-0.3, -0.25) is 9.59 Å². The number of rotatable bonds is 2. The van der Waals surface area contributed by atoms with E-state index >= 15 is 0 Å². The predicted octanol–water partition coefficient (Wildman–Crippen LogP) is 1.48. The summed E-state index contributed by atoms with van der Waals surface area (Å²) in [5.41, 5.74) is 1.89. The number of carbonyl (C=O) groups excluding carboxylic acids is 2. The Kier molecular flexibility index (Phi) is 5.12. The van der Waals surface area contributed by atoms with E-state index in [4.69, 9.17) is 4.98 Å². The van der Waals surface area contributed by atoms with Crippen LogP contribution in [0.4, 0.5) is 0 Å². The van der Waals surface area contributed by atoms with Gasteiger partial charge in [0.05, 0.1) is 11.6 Å². The summed E-state index contributed by atoms with van der Waals surface area (Å²) in [5, 5.41) is 3.42. The summed E-state index contributed by atoms with van der Waals surface area (Å²) in [6, 6.07) is 0. The number of piperidine rings is 1. The second-order valence-electron chi connectivity index (χ2n) is 9.33. The zero-order valence-electron chi connectivity index (χ0n) is 17.2. The van der Waals surface area contributed by atoms with E-state index in [0.29, 0.717) is 32.0 Å². The minimum atomic E-state index is -0.237. The number of fused-ring (bicyclic) bond motifs is 1. The smallest absolute Gasteiger partial charge is 0.228 e. The van der Waals surface area contributed by atoms with Gasteiger partial charge in [0.1, 0.15) is 5.82 Å². The van der Waals surface area contributed by atoms with Crippen molar-refractivity contribution in [3.8, 4) is 0 Å².